The van der Waals surface area contributed by atoms with E-state index in [-0.39, 0.29) is 31.1 Å². The van der Waals surface area contributed by atoms with E-state index in [0.29, 0.717) is 19.3 Å². The van der Waals surface area contributed by atoms with Gasteiger partial charge in [-0.25, -0.2) is 0 Å². The zero-order valence-corrected chi connectivity index (χ0v) is 31.0. The lowest BCUT2D eigenvalue weighted by atomic mass is 10.0. The van der Waals surface area contributed by atoms with Gasteiger partial charge in [-0.15, -0.1) is 0 Å². The van der Waals surface area contributed by atoms with Gasteiger partial charge in [-0.2, -0.15) is 0 Å². The highest BCUT2D eigenvalue weighted by atomic mass is 16.6. The molecule has 0 aromatic rings. The monoisotopic (exact) mass is 653 g/mol. The Morgan fingerprint density at radius 3 is 1.07 bits per heavy atom. The van der Waals surface area contributed by atoms with Gasteiger partial charge in [0, 0.05) is 19.3 Å². The molecule has 0 aromatic carbocycles. The summed E-state index contributed by atoms with van der Waals surface area (Å²) in [5.74, 6) is -0.122. The normalized spacial score (nSPS) is 11.9. The van der Waals surface area contributed by atoms with Gasteiger partial charge in [-0.3, -0.25) is 14.4 Å². The average Bonchev–Trinajstić information content (AvgIpc) is 3.03. The van der Waals surface area contributed by atoms with Crippen LogP contribution in [0.3, 0.4) is 0 Å². The lowest BCUT2D eigenvalue weighted by molar-refractivity contribution is -0.167. The Hall–Kier alpha value is -1.59. The predicted molar refractivity (Wildman–Crippen MR) is 192 cm³/mol. The summed E-state index contributed by atoms with van der Waals surface area (Å²) in [6.45, 7) is 8.82. The first-order chi connectivity index (χ1) is 22.4. The smallest absolute Gasteiger partial charge is 0.306 e. The van der Waals surface area contributed by atoms with E-state index in [0.717, 1.165) is 70.1 Å². The lowest BCUT2D eigenvalue weighted by Crippen LogP contribution is -2.30. The minimum atomic E-state index is -0.757. The van der Waals surface area contributed by atoms with Crippen molar-refractivity contribution in [3.05, 3.63) is 0 Å². The van der Waals surface area contributed by atoms with Gasteiger partial charge in [-0.05, 0) is 25.2 Å². The Labute approximate surface area is 285 Å². The molecule has 0 rings (SSSR count). The van der Waals surface area contributed by atoms with Crippen molar-refractivity contribution in [2.75, 3.05) is 13.2 Å². The van der Waals surface area contributed by atoms with E-state index in [4.69, 9.17) is 14.2 Å². The maximum atomic E-state index is 12.5. The highest BCUT2D eigenvalue weighted by Gasteiger charge is 2.19. The van der Waals surface area contributed by atoms with Crippen molar-refractivity contribution in [3.8, 4) is 0 Å². The molecule has 0 aromatic heterocycles. The summed E-state index contributed by atoms with van der Waals surface area (Å²) in [6, 6.07) is 0. The molecular weight excluding hydrogens is 576 g/mol. The van der Waals surface area contributed by atoms with Crippen LogP contribution in [0.1, 0.15) is 214 Å². The van der Waals surface area contributed by atoms with Gasteiger partial charge in [0.15, 0.2) is 6.10 Å². The fraction of sp³-hybridized carbons (Fsp3) is 0.925. The number of unbranched alkanes of at least 4 members (excludes halogenated alkanes) is 22. The van der Waals surface area contributed by atoms with Crippen molar-refractivity contribution in [1.82, 2.24) is 0 Å². The zero-order chi connectivity index (χ0) is 33.9. The maximum absolute atomic E-state index is 12.5. The molecule has 0 fully saturated rings. The molecule has 0 radical (unpaired) electrons. The molecular formula is C40H76O6. The first-order valence-electron chi connectivity index (χ1n) is 19.9. The fourth-order valence-electron chi connectivity index (χ4n) is 5.74. The van der Waals surface area contributed by atoms with Crippen molar-refractivity contribution >= 4 is 17.9 Å². The molecule has 0 saturated heterocycles. The van der Waals surface area contributed by atoms with Crippen molar-refractivity contribution in [3.63, 3.8) is 0 Å². The van der Waals surface area contributed by atoms with Crippen LogP contribution in [0.4, 0.5) is 0 Å². The van der Waals surface area contributed by atoms with Crippen LogP contribution in [0.25, 0.3) is 0 Å². The molecule has 0 unspecified atom stereocenters. The molecule has 272 valence electrons. The fourth-order valence-corrected chi connectivity index (χ4v) is 5.74. The van der Waals surface area contributed by atoms with Gasteiger partial charge in [-0.1, -0.05) is 175 Å². The number of rotatable bonds is 35. The van der Waals surface area contributed by atoms with Crippen LogP contribution in [-0.4, -0.2) is 37.2 Å². The van der Waals surface area contributed by atoms with Crippen molar-refractivity contribution < 1.29 is 28.6 Å². The quantitative estimate of drug-likeness (QED) is 0.0385. The van der Waals surface area contributed by atoms with E-state index in [9.17, 15) is 14.4 Å². The number of hydrogen-bond donors (Lipinski definition) is 0. The molecule has 1 atom stereocenters. The third-order valence-corrected chi connectivity index (χ3v) is 8.79. The molecule has 0 aliphatic heterocycles. The standard InChI is InChI=1S/C40H76O6/c1-5-7-9-11-12-13-14-15-16-17-18-19-24-28-32-39(42)45-35-37(34-44-38(41)31-27-22-10-8-6-2)46-40(43)33-29-25-21-20-23-26-30-36(3)4/h36-37H,5-35H2,1-4H3/t37-/m0/s1. The van der Waals surface area contributed by atoms with Gasteiger partial charge in [0.2, 0.25) is 0 Å². The van der Waals surface area contributed by atoms with Crippen molar-refractivity contribution in [1.29, 1.82) is 0 Å². The SMILES string of the molecule is CCCCCCCCCCCCCCCCC(=O)OC[C@H](COC(=O)CCCCCCC)OC(=O)CCCCCCCCC(C)C. The molecule has 0 spiro atoms. The summed E-state index contributed by atoms with van der Waals surface area (Å²) < 4.78 is 16.5. The Bertz CT molecular complexity index is 691. The number of carbonyl (C=O) groups excluding carboxylic acids is 3. The molecule has 6 nitrogen and oxygen atoms in total. The number of ether oxygens (including phenoxy) is 3. The summed E-state index contributed by atoms with van der Waals surface area (Å²) in [6.07, 6.45) is 31.3. The number of carbonyl (C=O) groups is 3. The third kappa shape index (κ3) is 33.8. The summed E-state index contributed by atoms with van der Waals surface area (Å²) in [4.78, 5) is 37.2. The van der Waals surface area contributed by atoms with E-state index in [1.165, 1.54) is 103 Å². The zero-order valence-electron chi connectivity index (χ0n) is 31.0. The molecule has 6 heteroatoms. The predicted octanol–water partition coefficient (Wildman–Crippen LogP) is 12.0. The van der Waals surface area contributed by atoms with Crippen LogP contribution in [-0.2, 0) is 28.6 Å². The van der Waals surface area contributed by atoms with Crippen LogP contribution in [0.5, 0.6) is 0 Å². The average molecular weight is 653 g/mol. The molecule has 0 saturated carbocycles. The minimum absolute atomic E-state index is 0.0667. The maximum Gasteiger partial charge on any atom is 0.306 e. The molecule has 0 heterocycles. The minimum Gasteiger partial charge on any atom is -0.462 e. The Balaban J connectivity index is 4.21. The van der Waals surface area contributed by atoms with Gasteiger partial charge >= 0.3 is 17.9 Å². The summed E-state index contributed by atoms with van der Waals surface area (Å²) >= 11 is 0. The molecule has 0 aliphatic carbocycles. The Kier molecular flexibility index (Phi) is 33.5. The van der Waals surface area contributed by atoms with Crippen molar-refractivity contribution in [2.24, 2.45) is 5.92 Å². The van der Waals surface area contributed by atoms with E-state index in [1.54, 1.807) is 0 Å². The van der Waals surface area contributed by atoms with Gasteiger partial charge < -0.3 is 14.2 Å². The second-order valence-electron chi connectivity index (χ2n) is 14.0. The van der Waals surface area contributed by atoms with Crippen LogP contribution in [0.2, 0.25) is 0 Å². The summed E-state index contributed by atoms with van der Waals surface area (Å²) in [5.41, 5.74) is 0. The largest absolute Gasteiger partial charge is 0.462 e. The lowest BCUT2D eigenvalue weighted by Gasteiger charge is -2.18. The molecule has 0 N–H and O–H groups in total. The van der Waals surface area contributed by atoms with E-state index >= 15 is 0 Å². The number of esters is 3. The Morgan fingerprint density at radius 2 is 0.717 bits per heavy atom. The highest BCUT2D eigenvalue weighted by molar-refractivity contribution is 5.71. The number of hydrogen-bond acceptors (Lipinski definition) is 6. The summed E-state index contributed by atoms with van der Waals surface area (Å²) in [7, 11) is 0. The molecule has 0 amide bonds. The van der Waals surface area contributed by atoms with Crippen LogP contribution >= 0.6 is 0 Å². The van der Waals surface area contributed by atoms with Gasteiger partial charge in [0.1, 0.15) is 13.2 Å². The Morgan fingerprint density at radius 1 is 0.413 bits per heavy atom. The third-order valence-electron chi connectivity index (χ3n) is 8.79. The van der Waals surface area contributed by atoms with Crippen molar-refractivity contribution in [2.45, 2.75) is 220 Å². The second kappa shape index (κ2) is 34.7. The van der Waals surface area contributed by atoms with Crippen LogP contribution < -0.4 is 0 Å². The van der Waals surface area contributed by atoms with E-state index in [2.05, 4.69) is 27.7 Å². The molecule has 0 bridgehead atoms. The second-order valence-corrected chi connectivity index (χ2v) is 14.0. The summed E-state index contributed by atoms with van der Waals surface area (Å²) in [5, 5.41) is 0. The van der Waals surface area contributed by atoms with E-state index < -0.39 is 6.10 Å². The topological polar surface area (TPSA) is 78.9 Å². The van der Waals surface area contributed by atoms with Crippen LogP contribution in [0.15, 0.2) is 0 Å². The van der Waals surface area contributed by atoms with Gasteiger partial charge in [0.05, 0.1) is 0 Å². The molecule has 0 aliphatic rings. The van der Waals surface area contributed by atoms with Gasteiger partial charge in [0.25, 0.3) is 0 Å². The first kappa shape index (κ1) is 44.4. The van der Waals surface area contributed by atoms with Crippen LogP contribution in [0, 0.1) is 5.92 Å². The molecule has 46 heavy (non-hydrogen) atoms. The first-order valence-corrected chi connectivity index (χ1v) is 19.9. The van der Waals surface area contributed by atoms with E-state index in [1.807, 2.05) is 0 Å². The highest BCUT2D eigenvalue weighted by Crippen LogP contribution is 2.15.